The van der Waals surface area contributed by atoms with Crippen LogP contribution in [0.1, 0.15) is 24.4 Å². The third kappa shape index (κ3) is 1.75. The van der Waals surface area contributed by atoms with Crippen LogP contribution in [0.3, 0.4) is 0 Å². The second-order valence-corrected chi connectivity index (χ2v) is 3.84. The lowest BCUT2D eigenvalue weighted by atomic mass is 10.4. The van der Waals surface area contributed by atoms with Gasteiger partial charge in [0.1, 0.15) is 5.82 Å². The molecular weight excluding hydrogens is 162 g/mol. The molecule has 0 aliphatic carbocycles. The van der Waals surface area contributed by atoms with Gasteiger partial charge in [-0.05, 0) is 32.9 Å². The van der Waals surface area contributed by atoms with Crippen LogP contribution in [0.4, 0.5) is 0 Å². The van der Waals surface area contributed by atoms with Gasteiger partial charge in [-0.3, -0.25) is 4.90 Å². The number of nitrogens with zero attached hydrogens (tertiary/aromatic N) is 3. The predicted molar refractivity (Wildman–Crippen MR) is 52.5 cm³/mol. The molecular formula is C10H17N3. The highest BCUT2D eigenvalue weighted by Crippen LogP contribution is 2.12. The Morgan fingerprint density at radius 2 is 2.08 bits per heavy atom. The summed E-state index contributed by atoms with van der Waals surface area (Å²) < 4.78 is 2.18. The minimum Gasteiger partial charge on any atom is -0.334 e. The molecule has 1 aromatic rings. The summed E-state index contributed by atoms with van der Waals surface area (Å²) in [5, 5.41) is 0. The molecule has 3 heteroatoms. The molecule has 0 bridgehead atoms. The van der Waals surface area contributed by atoms with E-state index in [2.05, 4.69) is 21.5 Å². The first-order chi connectivity index (χ1) is 6.27. The Morgan fingerprint density at radius 3 is 2.62 bits per heavy atom. The van der Waals surface area contributed by atoms with Crippen molar-refractivity contribution in [3.05, 3.63) is 17.7 Å². The van der Waals surface area contributed by atoms with Crippen LogP contribution >= 0.6 is 0 Å². The number of likely N-dealkylation sites (tertiary alicyclic amines) is 1. The fourth-order valence-electron chi connectivity index (χ4n) is 1.87. The summed E-state index contributed by atoms with van der Waals surface area (Å²) in [5.41, 5.74) is 1.33. The molecule has 1 saturated heterocycles. The molecule has 1 aliphatic heterocycles. The Labute approximate surface area is 79.4 Å². The van der Waals surface area contributed by atoms with E-state index in [1.165, 1.54) is 31.6 Å². The lowest BCUT2D eigenvalue weighted by Gasteiger charge is -2.14. The van der Waals surface area contributed by atoms with E-state index < -0.39 is 0 Å². The van der Waals surface area contributed by atoms with Gasteiger partial charge in [0.25, 0.3) is 0 Å². The van der Waals surface area contributed by atoms with Gasteiger partial charge in [0.05, 0.1) is 5.69 Å². The van der Waals surface area contributed by atoms with Crippen molar-refractivity contribution in [3.8, 4) is 0 Å². The van der Waals surface area contributed by atoms with Crippen molar-refractivity contribution in [2.24, 2.45) is 7.05 Å². The Hall–Kier alpha value is -0.830. The highest BCUT2D eigenvalue weighted by Gasteiger charge is 2.13. The summed E-state index contributed by atoms with van der Waals surface area (Å²) in [6.45, 7) is 5.62. The molecule has 0 amide bonds. The van der Waals surface area contributed by atoms with Crippen molar-refractivity contribution in [2.75, 3.05) is 13.1 Å². The summed E-state index contributed by atoms with van der Waals surface area (Å²) in [4.78, 5) is 6.79. The van der Waals surface area contributed by atoms with Crippen LogP contribution in [0.15, 0.2) is 6.20 Å². The molecule has 1 aromatic heterocycles. The van der Waals surface area contributed by atoms with Crippen molar-refractivity contribution < 1.29 is 0 Å². The summed E-state index contributed by atoms with van der Waals surface area (Å²) in [6.07, 6.45) is 4.71. The van der Waals surface area contributed by atoms with Crippen molar-refractivity contribution in [1.29, 1.82) is 0 Å². The number of aromatic nitrogens is 2. The quantitative estimate of drug-likeness (QED) is 0.683. The number of imidazole rings is 1. The molecule has 0 spiro atoms. The Kier molecular flexibility index (Phi) is 2.36. The zero-order chi connectivity index (χ0) is 9.26. The van der Waals surface area contributed by atoms with E-state index in [-0.39, 0.29) is 0 Å². The Balaban J connectivity index is 2.04. The number of hydrogen-bond donors (Lipinski definition) is 0. The normalized spacial score (nSPS) is 18.3. The lowest BCUT2D eigenvalue weighted by Crippen LogP contribution is -2.20. The molecule has 0 saturated carbocycles. The summed E-state index contributed by atoms with van der Waals surface area (Å²) in [6, 6.07) is 0. The van der Waals surface area contributed by atoms with Crippen LogP contribution in [0.25, 0.3) is 0 Å². The van der Waals surface area contributed by atoms with Crippen LogP contribution in [-0.4, -0.2) is 27.5 Å². The zero-order valence-electron chi connectivity index (χ0n) is 8.45. The van der Waals surface area contributed by atoms with Crippen molar-refractivity contribution in [1.82, 2.24) is 14.5 Å². The second kappa shape index (κ2) is 3.50. The second-order valence-electron chi connectivity index (χ2n) is 3.84. The van der Waals surface area contributed by atoms with Gasteiger partial charge in [-0.15, -0.1) is 0 Å². The van der Waals surface area contributed by atoms with Gasteiger partial charge in [-0.1, -0.05) is 0 Å². The maximum Gasteiger partial charge on any atom is 0.105 e. The fraction of sp³-hybridized carbons (Fsp3) is 0.700. The van der Waals surface area contributed by atoms with Crippen LogP contribution in [0, 0.1) is 6.92 Å². The highest BCUT2D eigenvalue weighted by atomic mass is 15.2. The summed E-state index contributed by atoms with van der Waals surface area (Å²) >= 11 is 0. The topological polar surface area (TPSA) is 21.1 Å². The molecule has 2 heterocycles. The van der Waals surface area contributed by atoms with Gasteiger partial charge in [0.15, 0.2) is 0 Å². The van der Waals surface area contributed by atoms with E-state index in [1.807, 2.05) is 13.1 Å². The first-order valence-corrected chi connectivity index (χ1v) is 4.97. The monoisotopic (exact) mass is 179 g/mol. The molecule has 72 valence electrons. The minimum atomic E-state index is 1.07. The number of hydrogen-bond acceptors (Lipinski definition) is 2. The van der Waals surface area contributed by atoms with E-state index >= 15 is 0 Å². The molecule has 0 unspecified atom stereocenters. The van der Waals surface area contributed by atoms with Crippen molar-refractivity contribution in [3.63, 3.8) is 0 Å². The van der Waals surface area contributed by atoms with E-state index in [0.29, 0.717) is 0 Å². The van der Waals surface area contributed by atoms with Gasteiger partial charge in [0, 0.05) is 19.8 Å². The van der Waals surface area contributed by atoms with Crippen LogP contribution in [0.5, 0.6) is 0 Å². The lowest BCUT2D eigenvalue weighted by molar-refractivity contribution is 0.323. The van der Waals surface area contributed by atoms with Crippen LogP contribution in [0.2, 0.25) is 0 Å². The van der Waals surface area contributed by atoms with E-state index in [1.54, 1.807) is 0 Å². The van der Waals surface area contributed by atoms with Gasteiger partial charge in [0.2, 0.25) is 0 Å². The summed E-state index contributed by atoms with van der Waals surface area (Å²) in [5.74, 6) is 1.11. The van der Waals surface area contributed by atoms with Crippen molar-refractivity contribution >= 4 is 0 Å². The zero-order valence-corrected chi connectivity index (χ0v) is 8.45. The molecule has 3 nitrogen and oxygen atoms in total. The van der Waals surface area contributed by atoms with E-state index in [9.17, 15) is 0 Å². The molecule has 1 aliphatic rings. The van der Waals surface area contributed by atoms with E-state index in [4.69, 9.17) is 0 Å². The van der Waals surface area contributed by atoms with E-state index in [0.717, 1.165) is 12.4 Å². The standard InChI is InChI=1S/C10H17N3/c1-9-11-7-10(12(9)2)8-13-5-3-4-6-13/h7H,3-6,8H2,1-2H3. The van der Waals surface area contributed by atoms with Gasteiger partial charge in [-0.2, -0.15) is 0 Å². The molecule has 0 aromatic carbocycles. The van der Waals surface area contributed by atoms with Crippen LogP contribution in [-0.2, 0) is 13.6 Å². The molecule has 13 heavy (non-hydrogen) atoms. The molecule has 0 N–H and O–H groups in total. The maximum absolute atomic E-state index is 4.29. The highest BCUT2D eigenvalue weighted by molar-refractivity contribution is 5.03. The fourth-order valence-corrected chi connectivity index (χ4v) is 1.87. The molecule has 1 fully saturated rings. The number of aryl methyl sites for hydroxylation is 1. The Morgan fingerprint density at radius 1 is 1.38 bits per heavy atom. The third-order valence-electron chi connectivity index (χ3n) is 2.90. The maximum atomic E-state index is 4.29. The third-order valence-corrected chi connectivity index (χ3v) is 2.90. The molecule has 2 rings (SSSR count). The Bertz CT molecular complexity index is 284. The summed E-state index contributed by atoms with van der Waals surface area (Å²) in [7, 11) is 2.09. The SMILES string of the molecule is Cc1ncc(CN2CCCC2)n1C. The van der Waals surface area contributed by atoms with Gasteiger partial charge >= 0.3 is 0 Å². The van der Waals surface area contributed by atoms with Gasteiger partial charge < -0.3 is 4.57 Å². The first-order valence-electron chi connectivity index (χ1n) is 4.97. The smallest absolute Gasteiger partial charge is 0.105 e. The average Bonchev–Trinajstić information content (AvgIpc) is 2.71. The minimum absolute atomic E-state index is 1.07. The average molecular weight is 179 g/mol. The molecule has 0 atom stereocenters. The van der Waals surface area contributed by atoms with Crippen LogP contribution < -0.4 is 0 Å². The predicted octanol–water partition coefficient (Wildman–Crippen LogP) is 1.32. The number of rotatable bonds is 2. The molecule has 0 radical (unpaired) electrons. The van der Waals surface area contributed by atoms with Crippen molar-refractivity contribution in [2.45, 2.75) is 26.3 Å². The largest absolute Gasteiger partial charge is 0.334 e. The first kappa shape index (κ1) is 8.75. The van der Waals surface area contributed by atoms with Gasteiger partial charge in [-0.25, -0.2) is 4.98 Å².